The number of rotatable bonds is 6. The first-order valence-corrected chi connectivity index (χ1v) is 12.6. The van der Waals surface area contributed by atoms with Gasteiger partial charge in [-0.2, -0.15) is 10.4 Å². The van der Waals surface area contributed by atoms with Gasteiger partial charge in [0.1, 0.15) is 11.6 Å². The quantitative estimate of drug-likeness (QED) is 0.556. The molecule has 188 valence electrons. The van der Waals surface area contributed by atoms with Crippen LogP contribution in [0.15, 0.2) is 42.9 Å². The predicted octanol–water partition coefficient (Wildman–Crippen LogP) is 3.87. The van der Waals surface area contributed by atoms with Crippen molar-refractivity contribution in [2.75, 3.05) is 11.4 Å². The maximum absolute atomic E-state index is 13.7. The third kappa shape index (κ3) is 4.16. The number of hydrogen-bond donors (Lipinski definition) is 1. The van der Waals surface area contributed by atoms with Crippen LogP contribution in [-0.2, 0) is 4.79 Å². The van der Waals surface area contributed by atoms with Crippen LogP contribution >= 0.6 is 0 Å². The normalized spacial score (nSPS) is 24.7. The molecule has 0 radical (unpaired) electrons. The number of pyridine rings is 1. The van der Waals surface area contributed by atoms with Crippen LogP contribution in [0.25, 0.3) is 0 Å². The van der Waals surface area contributed by atoms with E-state index in [0.717, 1.165) is 24.1 Å². The molecule has 3 heterocycles. The SMILES string of the molecule is Cc1cc(N2C[C@H]3C[C@H]3C2=O)ncc1C(C)n1cc(C(=O)N[C@H]2C[C@@H](c3cc(F)ccc3C#N)C2)cn1. The van der Waals surface area contributed by atoms with Crippen LogP contribution in [0.4, 0.5) is 10.2 Å². The molecule has 37 heavy (non-hydrogen) atoms. The molecule has 1 unspecified atom stereocenters. The Morgan fingerprint density at radius 2 is 2.05 bits per heavy atom. The number of aromatic nitrogens is 3. The van der Waals surface area contributed by atoms with Crippen LogP contribution in [0, 0.1) is 35.9 Å². The number of benzene rings is 1. The van der Waals surface area contributed by atoms with Gasteiger partial charge < -0.3 is 5.32 Å². The average molecular weight is 499 g/mol. The van der Waals surface area contributed by atoms with Gasteiger partial charge in [0.2, 0.25) is 5.91 Å². The van der Waals surface area contributed by atoms with Gasteiger partial charge in [-0.1, -0.05) is 0 Å². The molecule has 3 fully saturated rings. The highest BCUT2D eigenvalue weighted by atomic mass is 19.1. The maximum atomic E-state index is 13.7. The summed E-state index contributed by atoms with van der Waals surface area (Å²) in [6, 6.07) is 8.11. The number of fused-ring (bicyclic) bond motifs is 1. The Morgan fingerprint density at radius 1 is 1.24 bits per heavy atom. The van der Waals surface area contributed by atoms with Gasteiger partial charge in [0.15, 0.2) is 0 Å². The van der Waals surface area contributed by atoms with Gasteiger partial charge >= 0.3 is 0 Å². The van der Waals surface area contributed by atoms with Gasteiger partial charge in [-0.05, 0) is 85.9 Å². The lowest BCUT2D eigenvalue weighted by atomic mass is 9.74. The minimum absolute atomic E-state index is 0.0357. The molecular weight excluding hydrogens is 471 g/mol. The number of aryl methyl sites for hydroxylation is 1. The van der Waals surface area contributed by atoms with Crippen LogP contribution in [0.2, 0.25) is 0 Å². The number of hydrogen-bond acceptors (Lipinski definition) is 5. The first-order valence-electron chi connectivity index (χ1n) is 12.6. The van der Waals surface area contributed by atoms with Crippen LogP contribution in [0.5, 0.6) is 0 Å². The standard InChI is InChI=1S/C28H27FN6O2/c1-15-5-26(34-13-19-8-24(19)28(34)37)31-12-25(15)16(2)35-14-20(11-32-35)27(36)33-22-6-18(7-22)23-9-21(29)4-3-17(23)10-30/h3-5,9,11-12,14,16,18-19,22,24H,6-8,13H2,1-2H3,(H,33,36)/t16?,18-,19-,22+,24-/m1/s1. The van der Waals surface area contributed by atoms with Gasteiger partial charge in [-0.25, -0.2) is 9.37 Å². The summed E-state index contributed by atoms with van der Waals surface area (Å²) in [7, 11) is 0. The van der Waals surface area contributed by atoms with Gasteiger partial charge in [-0.3, -0.25) is 19.2 Å². The first-order chi connectivity index (χ1) is 17.8. The molecule has 0 bridgehead atoms. The van der Waals surface area contributed by atoms with Crippen molar-refractivity contribution in [2.45, 2.75) is 51.1 Å². The number of nitrogens with one attached hydrogen (secondary N) is 1. The predicted molar refractivity (Wildman–Crippen MR) is 133 cm³/mol. The summed E-state index contributed by atoms with van der Waals surface area (Å²) in [5.74, 6) is 1.05. The van der Waals surface area contributed by atoms with E-state index in [9.17, 15) is 19.2 Å². The van der Waals surface area contributed by atoms with Crippen molar-refractivity contribution in [3.05, 3.63) is 76.5 Å². The highest BCUT2D eigenvalue weighted by Gasteiger charge is 2.52. The van der Waals surface area contributed by atoms with Crippen molar-refractivity contribution >= 4 is 17.6 Å². The second-order valence-corrected chi connectivity index (χ2v) is 10.5. The number of piperidine rings is 1. The van der Waals surface area contributed by atoms with Crippen molar-refractivity contribution in [3.63, 3.8) is 0 Å². The fourth-order valence-corrected chi connectivity index (χ4v) is 5.66. The third-order valence-corrected chi connectivity index (χ3v) is 8.09. The van der Waals surface area contributed by atoms with E-state index in [1.54, 1.807) is 28.2 Å². The Kier molecular flexibility index (Phi) is 5.55. The van der Waals surface area contributed by atoms with Gasteiger partial charge in [0.25, 0.3) is 5.91 Å². The zero-order valence-corrected chi connectivity index (χ0v) is 20.7. The molecule has 2 saturated carbocycles. The number of nitrogens with zero attached hydrogens (tertiary/aromatic N) is 5. The van der Waals surface area contributed by atoms with E-state index in [2.05, 4.69) is 21.5 Å². The Labute approximate surface area is 214 Å². The molecule has 3 atom stereocenters. The number of halogens is 1. The zero-order valence-electron chi connectivity index (χ0n) is 20.7. The second kappa shape index (κ2) is 8.80. The second-order valence-electron chi connectivity index (χ2n) is 10.5. The molecule has 3 aromatic rings. The first kappa shape index (κ1) is 23.3. The summed E-state index contributed by atoms with van der Waals surface area (Å²) in [6.45, 7) is 4.75. The molecule has 2 aliphatic carbocycles. The third-order valence-electron chi connectivity index (χ3n) is 8.09. The van der Waals surface area contributed by atoms with E-state index in [1.165, 1.54) is 18.2 Å². The van der Waals surface area contributed by atoms with Crippen molar-refractivity contribution < 1.29 is 14.0 Å². The molecular formula is C28H27FN6O2. The number of carbonyl (C=O) groups excluding carboxylic acids is 2. The molecule has 3 aliphatic rings. The Balaban J connectivity index is 1.08. The van der Waals surface area contributed by atoms with Crippen molar-refractivity contribution in [1.29, 1.82) is 5.26 Å². The monoisotopic (exact) mass is 498 g/mol. The minimum Gasteiger partial charge on any atom is -0.349 e. The number of amides is 2. The molecule has 1 aromatic carbocycles. The summed E-state index contributed by atoms with van der Waals surface area (Å²) < 4.78 is 15.4. The molecule has 2 amide bonds. The molecule has 1 saturated heterocycles. The minimum atomic E-state index is -0.357. The lowest BCUT2D eigenvalue weighted by Gasteiger charge is -2.36. The fraction of sp³-hybridized carbons (Fsp3) is 0.393. The van der Waals surface area contributed by atoms with Gasteiger partial charge in [0, 0.05) is 30.9 Å². The maximum Gasteiger partial charge on any atom is 0.254 e. The molecule has 8 nitrogen and oxygen atoms in total. The van der Waals surface area contributed by atoms with Crippen LogP contribution in [0.1, 0.15) is 70.8 Å². The molecule has 1 aliphatic heterocycles. The summed E-state index contributed by atoms with van der Waals surface area (Å²) in [6.07, 6.45) is 7.40. The van der Waals surface area contributed by atoms with Gasteiger partial charge in [0.05, 0.1) is 29.4 Å². The number of carbonyl (C=O) groups is 2. The summed E-state index contributed by atoms with van der Waals surface area (Å²) >= 11 is 0. The van der Waals surface area contributed by atoms with Crippen LogP contribution in [-0.4, -0.2) is 39.2 Å². The van der Waals surface area contributed by atoms with Crippen molar-refractivity contribution in [2.24, 2.45) is 11.8 Å². The van der Waals surface area contributed by atoms with E-state index in [-0.39, 0.29) is 41.6 Å². The zero-order chi connectivity index (χ0) is 25.8. The Hall–Kier alpha value is -4.06. The lowest BCUT2D eigenvalue weighted by Crippen LogP contribution is -2.43. The number of nitriles is 1. The van der Waals surface area contributed by atoms with Crippen LogP contribution in [0.3, 0.4) is 0 Å². The van der Waals surface area contributed by atoms with E-state index in [0.29, 0.717) is 41.3 Å². The molecule has 6 rings (SSSR count). The molecule has 9 heteroatoms. The topological polar surface area (TPSA) is 104 Å². The summed E-state index contributed by atoms with van der Waals surface area (Å²) in [5.41, 5.74) is 3.63. The molecule has 1 N–H and O–H groups in total. The van der Waals surface area contributed by atoms with Crippen molar-refractivity contribution in [1.82, 2.24) is 20.1 Å². The lowest BCUT2D eigenvalue weighted by molar-refractivity contribution is -0.118. The van der Waals surface area contributed by atoms with E-state index in [4.69, 9.17) is 0 Å². The Bertz CT molecular complexity index is 1450. The highest BCUT2D eigenvalue weighted by molar-refractivity contribution is 5.99. The average Bonchev–Trinajstić information content (AvgIpc) is 3.31. The van der Waals surface area contributed by atoms with E-state index < -0.39 is 0 Å². The van der Waals surface area contributed by atoms with Crippen molar-refractivity contribution in [3.8, 4) is 6.07 Å². The number of anilines is 1. The molecule has 2 aromatic heterocycles. The largest absolute Gasteiger partial charge is 0.349 e. The fourth-order valence-electron chi connectivity index (χ4n) is 5.66. The van der Waals surface area contributed by atoms with E-state index >= 15 is 0 Å². The summed E-state index contributed by atoms with van der Waals surface area (Å²) in [5, 5.41) is 16.7. The highest BCUT2D eigenvalue weighted by Crippen LogP contribution is 2.47. The molecule has 0 spiro atoms. The smallest absolute Gasteiger partial charge is 0.254 e. The van der Waals surface area contributed by atoms with Gasteiger partial charge in [-0.15, -0.1) is 0 Å². The Morgan fingerprint density at radius 3 is 2.76 bits per heavy atom. The summed E-state index contributed by atoms with van der Waals surface area (Å²) in [4.78, 5) is 31.6. The van der Waals surface area contributed by atoms with Crippen LogP contribution < -0.4 is 10.2 Å². The van der Waals surface area contributed by atoms with E-state index in [1.807, 2.05) is 19.9 Å².